The Bertz CT molecular complexity index is 1180. The van der Waals surface area contributed by atoms with E-state index in [1.165, 1.54) is 0 Å². The number of hydrogen-bond donors (Lipinski definition) is 3. The smallest absolute Gasteiger partial charge is 0.350 e. The molecule has 0 saturated carbocycles. The Morgan fingerprint density at radius 2 is 1.87 bits per heavy atom. The van der Waals surface area contributed by atoms with E-state index in [2.05, 4.69) is 20.1 Å². The first-order valence-corrected chi connectivity index (χ1v) is 14.2. The van der Waals surface area contributed by atoms with Crippen molar-refractivity contribution >= 4 is 17.3 Å². The van der Waals surface area contributed by atoms with Crippen LogP contribution in [0.3, 0.4) is 0 Å². The predicted molar refractivity (Wildman–Crippen MR) is 149 cm³/mol. The Kier molecular flexibility index (Phi) is 8.73. The minimum Gasteiger partial charge on any atom is -0.450 e. The number of likely N-dealkylation sites (tertiary alicyclic amines) is 2. The van der Waals surface area contributed by atoms with Gasteiger partial charge in [-0.2, -0.15) is 4.98 Å². The number of nitrogens with one attached hydrogen (secondary N) is 1. The molecule has 0 aliphatic carbocycles. The van der Waals surface area contributed by atoms with Gasteiger partial charge in [-0.1, -0.05) is 0 Å². The first-order valence-electron chi connectivity index (χ1n) is 14.2. The average Bonchev–Trinajstić information content (AvgIpc) is 3.15. The molecule has 2 saturated heterocycles. The lowest BCUT2D eigenvalue weighted by Crippen LogP contribution is -2.43. The molecule has 5 rings (SSSR count). The molecule has 10 nitrogen and oxygen atoms in total. The number of rotatable bonds is 9. The first-order chi connectivity index (χ1) is 18.5. The highest BCUT2D eigenvalue weighted by Gasteiger charge is 2.25. The third-order valence-corrected chi connectivity index (χ3v) is 7.97. The molecule has 3 aliphatic rings. The van der Waals surface area contributed by atoms with E-state index < -0.39 is 0 Å². The van der Waals surface area contributed by atoms with E-state index in [0.29, 0.717) is 41.5 Å². The standard InChI is InChI=1S/C28H41N7O3/c29-11-4-15-33-12-2-6-22(10-16-33)35-19-26-27(32-28(35)37)31-23-17-20(8-9-25(23)38-26)24(36)7-3-14-34-13-1-5-21(30)18-34/h8-9,17,19,21-22H,1-7,10-16,18,29-30H2,(H,31,32,37)/t21-,22?/m0/s1. The average molecular weight is 524 g/mol. The molecule has 2 aromatic rings. The van der Waals surface area contributed by atoms with E-state index in [0.717, 1.165) is 84.2 Å². The van der Waals surface area contributed by atoms with E-state index in [-0.39, 0.29) is 23.6 Å². The Morgan fingerprint density at radius 3 is 2.71 bits per heavy atom. The van der Waals surface area contributed by atoms with Gasteiger partial charge in [0.25, 0.3) is 0 Å². The zero-order valence-electron chi connectivity index (χ0n) is 22.2. The number of ether oxygens (including phenoxy) is 1. The summed E-state index contributed by atoms with van der Waals surface area (Å²) in [5.74, 6) is 1.64. The number of anilines is 2. The molecule has 1 aromatic carbocycles. The number of fused-ring (bicyclic) bond motifs is 2. The number of nitrogens with zero attached hydrogens (tertiary/aromatic N) is 4. The van der Waals surface area contributed by atoms with Gasteiger partial charge in [-0.3, -0.25) is 9.36 Å². The second-order valence-electron chi connectivity index (χ2n) is 10.9. The number of Topliss-reactive ketones (excluding diaryl/α,β-unsaturated/α-hetero) is 1. The summed E-state index contributed by atoms with van der Waals surface area (Å²) in [4.78, 5) is 34.9. The largest absolute Gasteiger partial charge is 0.450 e. The lowest BCUT2D eigenvalue weighted by molar-refractivity contribution is 0.0972. The van der Waals surface area contributed by atoms with Crippen LogP contribution in [-0.2, 0) is 0 Å². The van der Waals surface area contributed by atoms with E-state index >= 15 is 0 Å². The fraction of sp³-hybridized carbons (Fsp3) is 0.607. The summed E-state index contributed by atoms with van der Waals surface area (Å²) in [5, 5.41) is 3.22. The summed E-state index contributed by atoms with van der Waals surface area (Å²) in [6.45, 7) is 6.54. The molecule has 0 bridgehead atoms. The number of benzene rings is 1. The summed E-state index contributed by atoms with van der Waals surface area (Å²) < 4.78 is 7.86. The van der Waals surface area contributed by atoms with E-state index in [1.54, 1.807) is 16.8 Å². The normalized spacial score (nSPS) is 22.1. The highest BCUT2D eigenvalue weighted by molar-refractivity contribution is 5.97. The number of aromatic nitrogens is 2. The Labute approximate surface area is 224 Å². The molecule has 5 N–H and O–H groups in total. The van der Waals surface area contributed by atoms with Crippen molar-refractivity contribution in [3.05, 3.63) is 40.4 Å². The van der Waals surface area contributed by atoms with Crippen LogP contribution in [0.15, 0.2) is 29.2 Å². The molecule has 1 unspecified atom stereocenters. The van der Waals surface area contributed by atoms with Crippen LogP contribution in [0.4, 0.5) is 11.5 Å². The summed E-state index contributed by atoms with van der Waals surface area (Å²) in [5.41, 5.74) is 12.7. The molecule has 38 heavy (non-hydrogen) atoms. The van der Waals surface area contributed by atoms with Crippen molar-refractivity contribution in [2.75, 3.05) is 51.1 Å². The fourth-order valence-corrected chi connectivity index (χ4v) is 5.87. The highest BCUT2D eigenvalue weighted by atomic mass is 16.5. The van der Waals surface area contributed by atoms with Crippen LogP contribution in [0.2, 0.25) is 0 Å². The lowest BCUT2D eigenvalue weighted by Gasteiger charge is -2.30. The molecular weight excluding hydrogens is 482 g/mol. The maximum atomic E-state index is 13.0. The topological polar surface area (TPSA) is 132 Å². The molecule has 0 radical (unpaired) electrons. The monoisotopic (exact) mass is 523 g/mol. The molecule has 0 spiro atoms. The molecule has 4 heterocycles. The van der Waals surface area contributed by atoms with Crippen molar-refractivity contribution in [3.63, 3.8) is 0 Å². The maximum absolute atomic E-state index is 13.0. The van der Waals surface area contributed by atoms with Gasteiger partial charge < -0.3 is 31.3 Å². The molecular formula is C28H41N7O3. The number of ketones is 1. The summed E-state index contributed by atoms with van der Waals surface area (Å²) >= 11 is 0. The SMILES string of the molecule is NCCCN1CCCC(n2cc3c(nc2=O)Nc2cc(C(=O)CCCN4CCC[C@H](N)C4)ccc2O3)CC1. The van der Waals surface area contributed by atoms with Gasteiger partial charge in [-0.25, -0.2) is 4.79 Å². The fourth-order valence-electron chi connectivity index (χ4n) is 5.87. The van der Waals surface area contributed by atoms with Crippen LogP contribution in [0.1, 0.15) is 67.8 Å². The third kappa shape index (κ3) is 6.43. The zero-order valence-corrected chi connectivity index (χ0v) is 22.2. The lowest BCUT2D eigenvalue weighted by atomic mass is 10.0. The van der Waals surface area contributed by atoms with Crippen LogP contribution >= 0.6 is 0 Å². The molecule has 1 aromatic heterocycles. The van der Waals surface area contributed by atoms with E-state index in [4.69, 9.17) is 16.2 Å². The molecule has 2 fully saturated rings. The molecule has 3 aliphatic heterocycles. The van der Waals surface area contributed by atoms with Gasteiger partial charge in [-0.05, 0) is 95.9 Å². The summed E-state index contributed by atoms with van der Waals surface area (Å²) in [6.07, 6.45) is 9.13. The third-order valence-electron chi connectivity index (χ3n) is 7.97. The van der Waals surface area contributed by atoms with Crippen molar-refractivity contribution in [1.82, 2.24) is 19.4 Å². The molecule has 2 atom stereocenters. The van der Waals surface area contributed by atoms with Gasteiger partial charge in [0.15, 0.2) is 23.1 Å². The van der Waals surface area contributed by atoms with Crippen LogP contribution in [0.5, 0.6) is 11.5 Å². The Balaban J connectivity index is 1.21. The Morgan fingerprint density at radius 1 is 1.05 bits per heavy atom. The second kappa shape index (κ2) is 12.4. The number of carbonyl (C=O) groups is 1. The predicted octanol–water partition coefficient (Wildman–Crippen LogP) is 2.85. The summed E-state index contributed by atoms with van der Waals surface area (Å²) in [6, 6.07) is 5.77. The first kappa shape index (κ1) is 26.8. The van der Waals surface area contributed by atoms with Crippen LogP contribution in [0, 0.1) is 0 Å². The van der Waals surface area contributed by atoms with Crippen LogP contribution in [0.25, 0.3) is 0 Å². The van der Waals surface area contributed by atoms with Gasteiger partial charge in [0.2, 0.25) is 0 Å². The number of hydrogen-bond acceptors (Lipinski definition) is 9. The van der Waals surface area contributed by atoms with Gasteiger partial charge >= 0.3 is 5.69 Å². The summed E-state index contributed by atoms with van der Waals surface area (Å²) in [7, 11) is 0. The molecule has 0 amide bonds. The van der Waals surface area contributed by atoms with Gasteiger partial charge in [0.05, 0.1) is 11.9 Å². The van der Waals surface area contributed by atoms with Gasteiger partial charge in [-0.15, -0.1) is 0 Å². The van der Waals surface area contributed by atoms with Crippen LogP contribution < -0.4 is 27.2 Å². The zero-order chi connectivity index (χ0) is 26.5. The minimum atomic E-state index is -0.284. The molecule has 206 valence electrons. The number of carbonyl (C=O) groups excluding carboxylic acids is 1. The van der Waals surface area contributed by atoms with Crippen molar-refractivity contribution in [2.45, 2.75) is 63.5 Å². The number of piperidine rings is 1. The van der Waals surface area contributed by atoms with Gasteiger partial charge in [0, 0.05) is 37.2 Å². The Hall–Kier alpha value is -2.79. The van der Waals surface area contributed by atoms with Crippen molar-refractivity contribution in [3.8, 4) is 11.5 Å². The van der Waals surface area contributed by atoms with E-state index in [9.17, 15) is 9.59 Å². The van der Waals surface area contributed by atoms with Crippen molar-refractivity contribution in [1.29, 1.82) is 0 Å². The van der Waals surface area contributed by atoms with Crippen molar-refractivity contribution in [2.24, 2.45) is 11.5 Å². The molecule has 10 heteroatoms. The quantitative estimate of drug-likeness (QED) is 0.362. The maximum Gasteiger partial charge on any atom is 0.350 e. The van der Waals surface area contributed by atoms with Crippen LogP contribution in [-0.4, -0.2) is 77.0 Å². The van der Waals surface area contributed by atoms with E-state index in [1.807, 2.05) is 12.1 Å². The number of nitrogens with two attached hydrogens (primary N) is 2. The van der Waals surface area contributed by atoms with Gasteiger partial charge in [0.1, 0.15) is 0 Å². The highest BCUT2D eigenvalue weighted by Crippen LogP contribution is 2.41. The second-order valence-corrected chi connectivity index (χ2v) is 10.9. The minimum absolute atomic E-state index is 0.0915. The van der Waals surface area contributed by atoms with Crippen molar-refractivity contribution < 1.29 is 9.53 Å².